The van der Waals surface area contributed by atoms with Crippen LogP contribution in [0.15, 0.2) is 54.2 Å². The zero-order valence-corrected chi connectivity index (χ0v) is 19.1. The maximum atomic E-state index is 13.7. The fraction of sp³-hybridized carbons (Fsp3) is 0.346. The predicted octanol–water partition coefficient (Wildman–Crippen LogP) is 5.46. The number of nitrogens with zero attached hydrogens (tertiary/aromatic N) is 1. The van der Waals surface area contributed by atoms with Crippen molar-refractivity contribution in [1.82, 2.24) is 0 Å². The first-order valence-corrected chi connectivity index (χ1v) is 10.9. The molecule has 0 N–H and O–H groups in total. The first-order chi connectivity index (χ1) is 15.8. The molecule has 7 nitrogen and oxygen atoms in total. The lowest BCUT2D eigenvalue weighted by Crippen LogP contribution is -2.44. The summed E-state index contributed by atoms with van der Waals surface area (Å²) in [6, 6.07) is 8.34. The van der Waals surface area contributed by atoms with Crippen LogP contribution in [-0.2, 0) is 5.54 Å². The van der Waals surface area contributed by atoms with E-state index in [1.54, 1.807) is 36.4 Å². The summed E-state index contributed by atoms with van der Waals surface area (Å²) < 4.78 is 23.5. The van der Waals surface area contributed by atoms with Crippen LogP contribution in [0.2, 0.25) is 0 Å². The van der Waals surface area contributed by atoms with Crippen LogP contribution in [0.1, 0.15) is 48.7 Å². The molecule has 0 amide bonds. The normalized spacial score (nSPS) is 20.0. The average molecular weight is 450 g/mol. The number of nitroso groups, excluding NO2 is 1. The van der Waals surface area contributed by atoms with Gasteiger partial charge in [-0.3, -0.25) is 4.79 Å². The van der Waals surface area contributed by atoms with E-state index in [4.69, 9.17) is 18.9 Å². The van der Waals surface area contributed by atoms with Crippen molar-refractivity contribution in [3.8, 4) is 23.0 Å². The van der Waals surface area contributed by atoms with Crippen LogP contribution in [0.3, 0.4) is 0 Å². The number of benzene rings is 2. The van der Waals surface area contributed by atoms with E-state index < -0.39 is 16.9 Å². The third-order valence-corrected chi connectivity index (χ3v) is 5.61. The van der Waals surface area contributed by atoms with Gasteiger partial charge in [0.1, 0.15) is 41.8 Å². The maximum Gasteiger partial charge on any atom is 0.227 e. The minimum absolute atomic E-state index is 0.191. The zero-order valence-electron chi connectivity index (χ0n) is 19.1. The Balaban J connectivity index is 1.78. The van der Waals surface area contributed by atoms with E-state index in [0.29, 0.717) is 40.7 Å². The average Bonchev–Trinajstić information content (AvgIpc) is 2.81. The Hall–Kier alpha value is -3.61. The quantitative estimate of drug-likeness (QED) is 0.393. The fourth-order valence-electron chi connectivity index (χ4n) is 3.97. The first kappa shape index (κ1) is 22.6. The third-order valence-electron chi connectivity index (χ3n) is 5.61. The monoisotopic (exact) mass is 449 g/mol. The zero-order chi connectivity index (χ0) is 23.6. The molecule has 2 aliphatic rings. The Morgan fingerprint density at radius 1 is 1.21 bits per heavy atom. The number of hydrogen-bond acceptors (Lipinski definition) is 7. The van der Waals surface area contributed by atoms with E-state index in [9.17, 15) is 9.70 Å². The summed E-state index contributed by atoms with van der Waals surface area (Å²) in [5.74, 6) is 1.45. The molecule has 2 aromatic carbocycles. The van der Waals surface area contributed by atoms with Crippen molar-refractivity contribution in [2.45, 2.75) is 38.3 Å². The number of Topliss-reactive ketones (excluding diaryl/α,β-unsaturated/α-hetero) is 1. The Morgan fingerprint density at radius 2 is 2.03 bits per heavy atom. The third kappa shape index (κ3) is 3.99. The van der Waals surface area contributed by atoms with Gasteiger partial charge in [0.25, 0.3) is 0 Å². The van der Waals surface area contributed by atoms with Gasteiger partial charge in [-0.2, -0.15) is 0 Å². The van der Waals surface area contributed by atoms with Crippen LogP contribution in [-0.4, -0.2) is 31.2 Å². The topological polar surface area (TPSA) is 83.4 Å². The number of carbonyl (C=O) groups excluding carboxylic acids is 1. The van der Waals surface area contributed by atoms with Crippen molar-refractivity contribution in [2.24, 2.45) is 5.18 Å². The van der Waals surface area contributed by atoms with Crippen molar-refractivity contribution < 1.29 is 23.7 Å². The molecule has 0 saturated heterocycles. The lowest BCUT2D eigenvalue weighted by molar-refractivity contribution is 0.0768. The minimum atomic E-state index is -1.79. The molecule has 33 heavy (non-hydrogen) atoms. The largest absolute Gasteiger partial charge is 0.493 e. The predicted molar refractivity (Wildman–Crippen MR) is 125 cm³/mol. The molecule has 2 aliphatic heterocycles. The van der Waals surface area contributed by atoms with Crippen molar-refractivity contribution >= 4 is 11.9 Å². The number of ether oxygens (including phenoxy) is 4. The second-order valence-electron chi connectivity index (χ2n) is 8.57. The summed E-state index contributed by atoms with van der Waals surface area (Å²) in [6.07, 6.45) is 6.20. The second kappa shape index (κ2) is 8.73. The fourth-order valence-corrected chi connectivity index (χ4v) is 3.97. The highest BCUT2D eigenvalue weighted by atomic mass is 16.5. The molecule has 2 heterocycles. The van der Waals surface area contributed by atoms with Gasteiger partial charge in [-0.05, 0) is 61.9 Å². The van der Waals surface area contributed by atoms with Crippen LogP contribution < -0.4 is 18.9 Å². The van der Waals surface area contributed by atoms with Crippen molar-refractivity contribution in [2.75, 3.05) is 19.8 Å². The maximum absolute atomic E-state index is 13.7. The molecule has 0 radical (unpaired) electrons. The standard InChI is InChI=1S/C26H27NO6/c1-5-13-30-17-7-9-20(22(15-17)31-14-6-2)26(27-29)16-32-23-18-11-12-25(3,4)33-21(18)10-8-19(23)24(26)28/h6-12,15H,2,5,13-14,16H2,1,3-4H3. The van der Waals surface area contributed by atoms with Gasteiger partial charge in [0.15, 0.2) is 0 Å². The number of rotatable bonds is 8. The molecule has 2 aromatic rings. The Labute approximate surface area is 193 Å². The molecule has 0 spiro atoms. The van der Waals surface area contributed by atoms with Gasteiger partial charge in [-0.1, -0.05) is 19.6 Å². The Bertz CT molecular complexity index is 1140. The number of fused-ring (bicyclic) bond motifs is 3. The second-order valence-corrected chi connectivity index (χ2v) is 8.57. The molecule has 0 aromatic heterocycles. The number of carbonyl (C=O) groups is 1. The van der Waals surface area contributed by atoms with Gasteiger partial charge < -0.3 is 18.9 Å². The summed E-state index contributed by atoms with van der Waals surface area (Å²) in [7, 11) is 0. The molecule has 0 aliphatic carbocycles. The van der Waals surface area contributed by atoms with E-state index in [2.05, 4.69) is 11.8 Å². The van der Waals surface area contributed by atoms with Crippen LogP contribution in [0.5, 0.6) is 23.0 Å². The van der Waals surface area contributed by atoms with E-state index in [1.807, 2.05) is 32.9 Å². The Kier molecular flexibility index (Phi) is 5.97. The molecule has 0 bridgehead atoms. The molecule has 4 rings (SSSR count). The first-order valence-electron chi connectivity index (χ1n) is 10.9. The van der Waals surface area contributed by atoms with E-state index in [1.165, 1.54) is 0 Å². The van der Waals surface area contributed by atoms with E-state index in [0.717, 1.165) is 6.42 Å². The van der Waals surface area contributed by atoms with Crippen molar-refractivity contribution in [3.63, 3.8) is 0 Å². The molecule has 7 heteroatoms. The highest BCUT2D eigenvalue weighted by Crippen LogP contribution is 2.47. The van der Waals surface area contributed by atoms with Gasteiger partial charge in [0, 0.05) is 11.6 Å². The Morgan fingerprint density at radius 3 is 2.76 bits per heavy atom. The summed E-state index contributed by atoms with van der Waals surface area (Å²) in [5.41, 5.74) is -0.990. The van der Waals surface area contributed by atoms with Crippen molar-refractivity contribution in [3.05, 3.63) is 70.7 Å². The van der Waals surface area contributed by atoms with Crippen molar-refractivity contribution in [1.29, 1.82) is 0 Å². The molecule has 172 valence electrons. The molecular formula is C26H27NO6. The summed E-state index contributed by atoms with van der Waals surface area (Å²) in [6.45, 7) is 10.0. The molecule has 1 unspecified atom stereocenters. The molecule has 0 fully saturated rings. The number of ketones is 1. The molecule has 0 saturated carbocycles. The number of hydrogen-bond donors (Lipinski definition) is 0. The van der Waals surface area contributed by atoms with Gasteiger partial charge in [-0.15, -0.1) is 4.91 Å². The highest BCUT2D eigenvalue weighted by Gasteiger charge is 2.50. The summed E-state index contributed by atoms with van der Waals surface area (Å²) in [5, 5.41) is 3.30. The SMILES string of the molecule is C=CCOc1cc(OCCC)ccc1C1(N=O)COc2c(ccc3c2C=CC(C)(C)O3)C1=O. The molecule has 1 atom stereocenters. The summed E-state index contributed by atoms with van der Waals surface area (Å²) in [4.78, 5) is 26.0. The van der Waals surface area contributed by atoms with Crippen LogP contribution in [0.4, 0.5) is 0 Å². The minimum Gasteiger partial charge on any atom is -0.493 e. The van der Waals surface area contributed by atoms with Crippen LogP contribution in [0.25, 0.3) is 6.08 Å². The van der Waals surface area contributed by atoms with Gasteiger partial charge in [0.05, 0.1) is 17.7 Å². The lowest BCUT2D eigenvalue weighted by Gasteiger charge is -2.35. The smallest absolute Gasteiger partial charge is 0.227 e. The summed E-state index contributed by atoms with van der Waals surface area (Å²) >= 11 is 0. The molecular weight excluding hydrogens is 422 g/mol. The van der Waals surface area contributed by atoms with Gasteiger partial charge in [-0.25, -0.2) is 0 Å². The van der Waals surface area contributed by atoms with E-state index in [-0.39, 0.29) is 18.8 Å². The van der Waals surface area contributed by atoms with Crippen LogP contribution in [0, 0.1) is 4.91 Å². The highest BCUT2D eigenvalue weighted by molar-refractivity contribution is 6.08. The van der Waals surface area contributed by atoms with E-state index >= 15 is 0 Å². The van der Waals surface area contributed by atoms with Gasteiger partial charge in [0.2, 0.25) is 11.3 Å². The van der Waals surface area contributed by atoms with Gasteiger partial charge >= 0.3 is 0 Å². The van der Waals surface area contributed by atoms with Crippen LogP contribution >= 0.6 is 0 Å². The lowest BCUT2D eigenvalue weighted by atomic mass is 9.80.